The lowest BCUT2D eigenvalue weighted by molar-refractivity contribution is -0.122. The lowest BCUT2D eigenvalue weighted by atomic mass is 9.97. The molecule has 0 saturated heterocycles. The lowest BCUT2D eigenvalue weighted by Gasteiger charge is -2.21. The van der Waals surface area contributed by atoms with Crippen molar-refractivity contribution in [3.63, 3.8) is 0 Å². The Balaban J connectivity index is 1.50. The van der Waals surface area contributed by atoms with Gasteiger partial charge in [-0.25, -0.2) is 8.42 Å². The predicted octanol–water partition coefficient (Wildman–Crippen LogP) is 3.60. The van der Waals surface area contributed by atoms with Gasteiger partial charge in [0.2, 0.25) is 21.8 Å². The Labute approximate surface area is 194 Å². The van der Waals surface area contributed by atoms with Crippen LogP contribution in [0.4, 0.5) is 5.69 Å². The first-order valence-corrected chi connectivity index (χ1v) is 12.9. The van der Waals surface area contributed by atoms with E-state index in [-0.39, 0.29) is 16.7 Å². The van der Waals surface area contributed by atoms with Gasteiger partial charge in [-0.15, -0.1) is 0 Å². The molecule has 1 atom stereocenters. The Morgan fingerprint density at radius 3 is 2.61 bits per heavy atom. The Hall–Kier alpha value is -2.97. The number of fused-ring (bicyclic) bond motifs is 1. The second kappa shape index (κ2) is 10.3. The number of amides is 2. The van der Waals surface area contributed by atoms with Crippen LogP contribution in [0.5, 0.6) is 0 Å². The molecule has 8 heteroatoms. The minimum Gasteiger partial charge on any atom is -0.354 e. The van der Waals surface area contributed by atoms with Crippen molar-refractivity contribution in [3.8, 4) is 0 Å². The van der Waals surface area contributed by atoms with Crippen LogP contribution in [-0.4, -0.2) is 26.8 Å². The SMILES string of the molecule is O=C1CCc2cc(S(=O)(=O)N[C@@H](C(=O)NCCC3=CCCCC3)c3ccccc3)ccc2N1. The summed E-state index contributed by atoms with van der Waals surface area (Å²) in [6.45, 7) is 0.467. The van der Waals surface area contributed by atoms with E-state index in [9.17, 15) is 18.0 Å². The number of carbonyl (C=O) groups excluding carboxylic acids is 2. The summed E-state index contributed by atoms with van der Waals surface area (Å²) in [6.07, 6.45) is 8.34. The van der Waals surface area contributed by atoms with Gasteiger partial charge >= 0.3 is 0 Å². The van der Waals surface area contributed by atoms with Crippen molar-refractivity contribution < 1.29 is 18.0 Å². The maximum Gasteiger partial charge on any atom is 0.242 e. The van der Waals surface area contributed by atoms with E-state index in [1.165, 1.54) is 24.5 Å². The second-order valence-corrected chi connectivity index (χ2v) is 10.2. The molecule has 0 aromatic heterocycles. The van der Waals surface area contributed by atoms with Crippen molar-refractivity contribution in [2.24, 2.45) is 0 Å². The summed E-state index contributed by atoms with van der Waals surface area (Å²) in [5, 5.41) is 5.65. The first-order valence-electron chi connectivity index (χ1n) is 11.4. The zero-order chi connectivity index (χ0) is 23.3. The minimum absolute atomic E-state index is 0.0680. The quantitative estimate of drug-likeness (QED) is 0.516. The molecule has 174 valence electrons. The molecule has 0 saturated carbocycles. The van der Waals surface area contributed by atoms with Gasteiger partial charge in [0, 0.05) is 18.7 Å². The Morgan fingerprint density at radius 1 is 1.03 bits per heavy atom. The Kier molecular flexibility index (Phi) is 7.25. The van der Waals surface area contributed by atoms with E-state index < -0.39 is 16.1 Å². The molecule has 0 bridgehead atoms. The summed E-state index contributed by atoms with van der Waals surface area (Å²) in [5.74, 6) is -0.465. The first kappa shape index (κ1) is 23.2. The number of benzene rings is 2. The number of allylic oxidation sites excluding steroid dienone is 1. The second-order valence-electron chi connectivity index (χ2n) is 8.48. The van der Waals surface area contributed by atoms with Gasteiger partial charge in [-0.05, 0) is 67.9 Å². The van der Waals surface area contributed by atoms with E-state index in [0.717, 1.165) is 24.8 Å². The van der Waals surface area contributed by atoms with Crippen molar-refractivity contribution in [1.82, 2.24) is 10.0 Å². The van der Waals surface area contributed by atoms with Crippen molar-refractivity contribution in [2.75, 3.05) is 11.9 Å². The number of sulfonamides is 1. The number of nitrogens with one attached hydrogen (secondary N) is 3. The van der Waals surface area contributed by atoms with Crippen molar-refractivity contribution >= 4 is 27.5 Å². The third-order valence-corrected chi connectivity index (χ3v) is 7.50. The molecule has 0 radical (unpaired) electrons. The zero-order valence-corrected chi connectivity index (χ0v) is 19.3. The standard InChI is InChI=1S/C25H29N3O4S/c29-23-14-11-20-17-21(12-13-22(20)27-23)33(31,32)28-24(19-9-5-2-6-10-19)25(30)26-16-15-18-7-3-1-4-8-18/h2,5-7,9-10,12-13,17,24,28H,1,3-4,8,11,14-16H2,(H,26,30)(H,27,29)/t24-/m1/s1. The summed E-state index contributed by atoms with van der Waals surface area (Å²) in [7, 11) is -3.98. The van der Waals surface area contributed by atoms with Crippen LogP contribution in [-0.2, 0) is 26.0 Å². The van der Waals surface area contributed by atoms with Gasteiger partial charge in [0.05, 0.1) is 4.90 Å². The predicted molar refractivity (Wildman–Crippen MR) is 127 cm³/mol. The number of hydrogen-bond donors (Lipinski definition) is 3. The van der Waals surface area contributed by atoms with E-state index >= 15 is 0 Å². The summed E-state index contributed by atoms with van der Waals surface area (Å²) in [6, 6.07) is 12.4. The van der Waals surface area contributed by atoms with E-state index in [0.29, 0.717) is 30.6 Å². The number of aryl methyl sites for hydroxylation is 1. The topological polar surface area (TPSA) is 104 Å². The number of hydrogen-bond acceptors (Lipinski definition) is 4. The molecule has 0 unspecified atom stereocenters. The fraction of sp³-hybridized carbons (Fsp3) is 0.360. The maximum atomic E-state index is 13.2. The fourth-order valence-corrected chi connectivity index (χ4v) is 5.48. The maximum absolute atomic E-state index is 13.2. The highest BCUT2D eigenvalue weighted by Crippen LogP contribution is 2.26. The van der Waals surface area contributed by atoms with Crippen LogP contribution in [0, 0.1) is 0 Å². The van der Waals surface area contributed by atoms with Crippen LogP contribution in [0.15, 0.2) is 65.1 Å². The van der Waals surface area contributed by atoms with Gasteiger partial charge in [0.25, 0.3) is 0 Å². The van der Waals surface area contributed by atoms with E-state index in [2.05, 4.69) is 21.4 Å². The van der Waals surface area contributed by atoms with Crippen LogP contribution in [0.25, 0.3) is 0 Å². The Morgan fingerprint density at radius 2 is 1.85 bits per heavy atom. The highest BCUT2D eigenvalue weighted by molar-refractivity contribution is 7.89. The van der Waals surface area contributed by atoms with Crippen molar-refractivity contribution in [1.29, 1.82) is 0 Å². The molecule has 0 fully saturated rings. The normalized spacial score (nSPS) is 16.8. The number of anilines is 1. The molecular formula is C25H29N3O4S. The van der Waals surface area contributed by atoms with Gasteiger partial charge < -0.3 is 10.6 Å². The van der Waals surface area contributed by atoms with Crippen molar-refractivity contribution in [2.45, 2.75) is 55.9 Å². The van der Waals surface area contributed by atoms with Crippen molar-refractivity contribution in [3.05, 3.63) is 71.3 Å². The molecule has 3 N–H and O–H groups in total. The van der Waals surface area contributed by atoms with Crippen LogP contribution < -0.4 is 15.4 Å². The van der Waals surface area contributed by atoms with Crippen LogP contribution in [0.3, 0.4) is 0 Å². The summed E-state index contributed by atoms with van der Waals surface area (Å²) >= 11 is 0. The summed E-state index contributed by atoms with van der Waals surface area (Å²) in [4.78, 5) is 24.7. The van der Waals surface area contributed by atoms with Gasteiger partial charge in [-0.1, -0.05) is 42.0 Å². The fourth-order valence-electron chi connectivity index (χ4n) is 4.25. The molecule has 4 rings (SSSR count). The number of rotatable bonds is 8. The first-order chi connectivity index (χ1) is 15.9. The molecule has 1 aliphatic carbocycles. The highest BCUT2D eigenvalue weighted by Gasteiger charge is 2.28. The van der Waals surface area contributed by atoms with Crippen LogP contribution in [0.1, 0.15) is 55.7 Å². The summed E-state index contributed by atoms with van der Waals surface area (Å²) < 4.78 is 29.0. The van der Waals surface area contributed by atoms with Gasteiger partial charge in [-0.3, -0.25) is 9.59 Å². The van der Waals surface area contributed by atoms with E-state index in [1.54, 1.807) is 36.4 Å². The van der Waals surface area contributed by atoms with E-state index in [4.69, 9.17) is 0 Å². The molecule has 1 aliphatic heterocycles. The third-order valence-electron chi connectivity index (χ3n) is 6.08. The third kappa shape index (κ3) is 5.89. The molecule has 33 heavy (non-hydrogen) atoms. The average molecular weight is 468 g/mol. The smallest absolute Gasteiger partial charge is 0.242 e. The zero-order valence-electron chi connectivity index (χ0n) is 18.5. The van der Waals surface area contributed by atoms with Crippen LogP contribution in [0.2, 0.25) is 0 Å². The molecule has 0 spiro atoms. The molecular weight excluding hydrogens is 438 g/mol. The summed E-state index contributed by atoms with van der Waals surface area (Å²) in [5.41, 5.74) is 3.30. The molecule has 2 aromatic carbocycles. The number of carbonyl (C=O) groups is 2. The average Bonchev–Trinajstić information content (AvgIpc) is 2.83. The molecule has 2 amide bonds. The lowest BCUT2D eigenvalue weighted by Crippen LogP contribution is -2.40. The molecule has 1 heterocycles. The van der Waals surface area contributed by atoms with Gasteiger partial charge in [-0.2, -0.15) is 4.72 Å². The largest absolute Gasteiger partial charge is 0.354 e. The van der Waals surface area contributed by atoms with Crippen LogP contribution >= 0.6 is 0 Å². The highest BCUT2D eigenvalue weighted by atomic mass is 32.2. The molecule has 2 aliphatic rings. The van der Waals surface area contributed by atoms with Gasteiger partial charge in [0.1, 0.15) is 6.04 Å². The molecule has 7 nitrogen and oxygen atoms in total. The Bertz CT molecular complexity index is 1160. The van der Waals surface area contributed by atoms with E-state index in [1.807, 2.05) is 6.07 Å². The monoisotopic (exact) mass is 467 g/mol. The molecule has 2 aromatic rings. The van der Waals surface area contributed by atoms with Gasteiger partial charge in [0.15, 0.2) is 0 Å². The minimum atomic E-state index is -3.98.